The Morgan fingerprint density at radius 3 is 2.65 bits per heavy atom. The third-order valence-electron chi connectivity index (χ3n) is 5.08. The van der Waals surface area contributed by atoms with Crippen molar-refractivity contribution in [1.29, 1.82) is 0 Å². The first-order chi connectivity index (χ1) is 12.7. The molecule has 1 N–H and O–H groups in total. The molecule has 132 valence electrons. The standard InChI is InChI=1S/C19H21N7/c1-12-10-26-19(13(2)21-12)9-17(24-26)15-3-4-16-18(22-15)11-25(23-16)14-5-7-20-8-6-14/h3-4,9-11,14,20H,5-8H2,1-2H3. The molecule has 7 nitrogen and oxygen atoms in total. The summed E-state index contributed by atoms with van der Waals surface area (Å²) in [6.07, 6.45) is 6.24. The van der Waals surface area contributed by atoms with Crippen LogP contribution in [0.1, 0.15) is 30.3 Å². The highest BCUT2D eigenvalue weighted by Gasteiger charge is 2.17. The predicted octanol–water partition coefficient (Wildman–Crippen LogP) is 2.68. The topological polar surface area (TPSA) is 72.9 Å². The molecule has 0 amide bonds. The van der Waals surface area contributed by atoms with Crippen molar-refractivity contribution in [3.8, 4) is 11.4 Å². The SMILES string of the molecule is Cc1cn2nc(-c3ccc4nn(C5CCNCC5)cc4n3)cc2c(C)n1. The fourth-order valence-electron chi connectivity index (χ4n) is 3.74. The second-order valence-corrected chi connectivity index (χ2v) is 7.02. The van der Waals surface area contributed by atoms with Crippen LogP contribution in [0, 0.1) is 13.8 Å². The largest absolute Gasteiger partial charge is 0.317 e. The van der Waals surface area contributed by atoms with Crippen molar-refractivity contribution in [3.05, 3.63) is 42.0 Å². The van der Waals surface area contributed by atoms with Crippen LogP contribution in [-0.4, -0.2) is 42.5 Å². The van der Waals surface area contributed by atoms with Crippen molar-refractivity contribution >= 4 is 16.6 Å². The summed E-state index contributed by atoms with van der Waals surface area (Å²) in [6.45, 7) is 6.09. The number of pyridine rings is 1. The Bertz CT molecular complexity index is 1100. The van der Waals surface area contributed by atoms with Gasteiger partial charge in [0.25, 0.3) is 0 Å². The van der Waals surface area contributed by atoms with Crippen molar-refractivity contribution in [2.75, 3.05) is 13.1 Å². The molecule has 1 saturated heterocycles. The average Bonchev–Trinajstić information content (AvgIpc) is 3.25. The summed E-state index contributed by atoms with van der Waals surface area (Å²) >= 11 is 0. The van der Waals surface area contributed by atoms with E-state index in [0.717, 1.165) is 65.3 Å². The predicted molar refractivity (Wildman–Crippen MR) is 100 cm³/mol. The number of hydrogen-bond donors (Lipinski definition) is 1. The van der Waals surface area contributed by atoms with E-state index in [-0.39, 0.29) is 0 Å². The van der Waals surface area contributed by atoms with Crippen LogP contribution in [0.3, 0.4) is 0 Å². The molecule has 4 aromatic heterocycles. The number of hydrogen-bond acceptors (Lipinski definition) is 5. The van der Waals surface area contributed by atoms with Gasteiger partial charge in [0.1, 0.15) is 16.7 Å². The molecule has 0 spiro atoms. The van der Waals surface area contributed by atoms with E-state index in [2.05, 4.69) is 26.3 Å². The van der Waals surface area contributed by atoms with Gasteiger partial charge in [-0.1, -0.05) is 0 Å². The van der Waals surface area contributed by atoms with Gasteiger partial charge in [0, 0.05) is 0 Å². The van der Waals surface area contributed by atoms with E-state index in [4.69, 9.17) is 10.1 Å². The first kappa shape index (κ1) is 15.5. The molecular formula is C19H21N7. The number of aromatic nitrogens is 6. The molecule has 0 saturated carbocycles. The molecule has 1 aliphatic rings. The summed E-state index contributed by atoms with van der Waals surface area (Å²) in [7, 11) is 0. The van der Waals surface area contributed by atoms with Gasteiger partial charge in [0.15, 0.2) is 0 Å². The van der Waals surface area contributed by atoms with Crippen LogP contribution in [0.4, 0.5) is 0 Å². The highest BCUT2D eigenvalue weighted by atomic mass is 15.3. The second-order valence-electron chi connectivity index (χ2n) is 7.02. The molecule has 0 unspecified atom stereocenters. The van der Waals surface area contributed by atoms with E-state index in [9.17, 15) is 0 Å². The zero-order chi connectivity index (χ0) is 17.7. The quantitative estimate of drug-likeness (QED) is 0.603. The Morgan fingerprint density at radius 1 is 0.962 bits per heavy atom. The lowest BCUT2D eigenvalue weighted by Gasteiger charge is -2.22. The van der Waals surface area contributed by atoms with E-state index in [0.29, 0.717) is 6.04 Å². The fraction of sp³-hybridized carbons (Fsp3) is 0.368. The Morgan fingerprint density at radius 2 is 1.81 bits per heavy atom. The van der Waals surface area contributed by atoms with Crippen LogP contribution in [0.2, 0.25) is 0 Å². The minimum Gasteiger partial charge on any atom is -0.317 e. The Kier molecular flexibility index (Phi) is 3.49. The van der Waals surface area contributed by atoms with Gasteiger partial charge < -0.3 is 5.32 Å². The number of nitrogens with zero attached hydrogens (tertiary/aromatic N) is 6. The second kappa shape index (κ2) is 5.88. The molecule has 1 aliphatic heterocycles. The van der Waals surface area contributed by atoms with Gasteiger partial charge in [0.2, 0.25) is 0 Å². The molecule has 1 fully saturated rings. The lowest BCUT2D eigenvalue weighted by Crippen LogP contribution is -2.29. The number of fused-ring (bicyclic) bond motifs is 2. The van der Waals surface area contributed by atoms with Gasteiger partial charge in [-0.3, -0.25) is 9.67 Å². The maximum atomic E-state index is 4.81. The fourth-order valence-corrected chi connectivity index (χ4v) is 3.74. The third-order valence-corrected chi connectivity index (χ3v) is 5.08. The van der Waals surface area contributed by atoms with Gasteiger partial charge in [-0.15, -0.1) is 0 Å². The Labute approximate surface area is 151 Å². The van der Waals surface area contributed by atoms with Crippen molar-refractivity contribution in [3.63, 3.8) is 0 Å². The molecule has 0 aromatic carbocycles. The number of piperidine rings is 1. The molecule has 4 aromatic rings. The normalized spacial score (nSPS) is 15.9. The smallest absolute Gasteiger partial charge is 0.112 e. The highest BCUT2D eigenvalue weighted by Crippen LogP contribution is 2.24. The van der Waals surface area contributed by atoms with Crippen LogP contribution in [0.15, 0.2) is 30.6 Å². The van der Waals surface area contributed by atoms with E-state index in [1.165, 1.54) is 0 Å². The minimum absolute atomic E-state index is 0.459. The summed E-state index contributed by atoms with van der Waals surface area (Å²) in [4.78, 5) is 9.33. The van der Waals surface area contributed by atoms with Crippen LogP contribution in [-0.2, 0) is 0 Å². The van der Waals surface area contributed by atoms with Crippen LogP contribution in [0.25, 0.3) is 27.9 Å². The molecule has 0 aliphatic carbocycles. The first-order valence-electron chi connectivity index (χ1n) is 9.08. The van der Waals surface area contributed by atoms with Gasteiger partial charge >= 0.3 is 0 Å². The molecule has 7 heteroatoms. The van der Waals surface area contributed by atoms with Crippen LogP contribution in [0.5, 0.6) is 0 Å². The van der Waals surface area contributed by atoms with Gasteiger partial charge in [0.05, 0.1) is 41.0 Å². The van der Waals surface area contributed by atoms with E-state index in [1.54, 1.807) is 0 Å². The maximum absolute atomic E-state index is 4.81. The Balaban J connectivity index is 1.56. The number of aryl methyl sites for hydroxylation is 2. The minimum atomic E-state index is 0.459. The molecule has 0 atom stereocenters. The van der Waals surface area contributed by atoms with Crippen molar-refractivity contribution in [2.45, 2.75) is 32.7 Å². The van der Waals surface area contributed by atoms with Crippen molar-refractivity contribution in [1.82, 2.24) is 34.7 Å². The van der Waals surface area contributed by atoms with E-state index >= 15 is 0 Å². The highest BCUT2D eigenvalue weighted by molar-refractivity contribution is 5.77. The molecule has 5 rings (SSSR count). The van der Waals surface area contributed by atoms with E-state index < -0.39 is 0 Å². The lowest BCUT2D eigenvalue weighted by atomic mass is 10.1. The van der Waals surface area contributed by atoms with E-state index in [1.807, 2.05) is 42.8 Å². The molecular weight excluding hydrogens is 326 g/mol. The molecule has 0 radical (unpaired) electrons. The van der Waals surface area contributed by atoms with Crippen molar-refractivity contribution < 1.29 is 0 Å². The molecule has 0 bridgehead atoms. The summed E-state index contributed by atoms with van der Waals surface area (Å²) in [6, 6.07) is 6.54. The lowest BCUT2D eigenvalue weighted by molar-refractivity contribution is 0.345. The van der Waals surface area contributed by atoms with Crippen molar-refractivity contribution in [2.24, 2.45) is 0 Å². The summed E-state index contributed by atoms with van der Waals surface area (Å²) < 4.78 is 3.97. The summed E-state index contributed by atoms with van der Waals surface area (Å²) in [5.74, 6) is 0. The first-order valence-corrected chi connectivity index (χ1v) is 9.08. The Hall–Kier alpha value is -2.80. The summed E-state index contributed by atoms with van der Waals surface area (Å²) in [5.41, 5.74) is 6.52. The maximum Gasteiger partial charge on any atom is 0.112 e. The summed E-state index contributed by atoms with van der Waals surface area (Å²) in [5, 5.41) is 12.8. The number of rotatable bonds is 2. The van der Waals surface area contributed by atoms with Gasteiger partial charge in [-0.2, -0.15) is 10.2 Å². The van der Waals surface area contributed by atoms with Gasteiger partial charge in [-0.05, 0) is 58.0 Å². The number of nitrogens with one attached hydrogen (secondary N) is 1. The van der Waals surface area contributed by atoms with Gasteiger partial charge in [-0.25, -0.2) is 9.50 Å². The molecule has 5 heterocycles. The van der Waals surface area contributed by atoms with Crippen LogP contribution < -0.4 is 5.32 Å². The third kappa shape index (κ3) is 2.55. The zero-order valence-electron chi connectivity index (χ0n) is 15.0. The van der Waals surface area contributed by atoms with Crippen LogP contribution >= 0.6 is 0 Å². The monoisotopic (exact) mass is 347 g/mol. The average molecular weight is 347 g/mol. The molecule has 26 heavy (non-hydrogen) atoms. The zero-order valence-corrected chi connectivity index (χ0v) is 15.0.